The van der Waals surface area contributed by atoms with Crippen LogP contribution in [0.5, 0.6) is 0 Å². The average Bonchev–Trinajstić information content (AvgIpc) is 3.36. The van der Waals surface area contributed by atoms with E-state index in [-0.39, 0.29) is 12.1 Å². The number of fused-ring (bicyclic) bond motifs is 2. The summed E-state index contributed by atoms with van der Waals surface area (Å²) < 4.78 is 17.1. The van der Waals surface area contributed by atoms with Gasteiger partial charge in [-0.1, -0.05) is 46.6 Å². The number of hydrogen-bond donors (Lipinski definition) is 0. The number of benzene rings is 2. The smallest absolute Gasteiger partial charge is 0.305 e. The minimum atomic E-state index is -0.176. The topological polar surface area (TPSA) is 64.8 Å². The van der Waals surface area contributed by atoms with E-state index in [0.717, 1.165) is 49.1 Å². The molecule has 6 rings (SSSR count). The molecule has 6 nitrogen and oxygen atoms in total. The minimum Gasteiger partial charge on any atom is -0.469 e. The second kappa shape index (κ2) is 10.3. The first-order valence-electron chi connectivity index (χ1n) is 13.0. The normalized spacial score (nSPS) is 22.6. The van der Waals surface area contributed by atoms with E-state index in [1.54, 1.807) is 0 Å². The highest BCUT2D eigenvalue weighted by Crippen LogP contribution is 2.47. The van der Waals surface area contributed by atoms with Crippen LogP contribution in [0.1, 0.15) is 54.9 Å². The highest BCUT2D eigenvalue weighted by Gasteiger charge is 2.45. The van der Waals surface area contributed by atoms with E-state index in [4.69, 9.17) is 37.2 Å². The molecule has 3 aliphatic rings. The summed E-state index contributed by atoms with van der Waals surface area (Å²) in [6.07, 6.45) is 5.67. The minimum absolute atomic E-state index is 0.176. The van der Waals surface area contributed by atoms with Gasteiger partial charge in [0.05, 0.1) is 29.9 Å². The van der Waals surface area contributed by atoms with Crippen molar-refractivity contribution in [1.29, 1.82) is 0 Å². The lowest BCUT2D eigenvalue weighted by atomic mass is 10.0. The summed E-state index contributed by atoms with van der Waals surface area (Å²) in [4.78, 5) is 13.9. The molecule has 2 aromatic carbocycles. The number of carbonyl (C=O) groups excluding carboxylic acids is 1. The Kier molecular flexibility index (Phi) is 6.91. The quantitative estimate of drug-likeness (QED) is 0.277. The van der Waals surface area contributed by atoms with Crippen LogP contribution < -0.4 is 4.90 Å². The van der Waals surface area contributed by atoms with E-state index in [2.05, 4.69) is 34.3 Å². The van der Waals surface area contributed by atoms with Crippen molar-refractivity contribution in [1.82, 2.24) is 5.16 Å². The average molecular weight is 541 g/mol. The molecule has 2 aliphatic carbocycles. The van der Waals surface area contributed by atoms with Gasteiger partial charge < -0.3 is 18.9 Å². The van der Waals surface area contributed by atoms with Crippen molar-refractivity contribution in [2.24, 2.45) is 5.92 Å². The van der Waals surface area contributed by atoms with E-state index in [0.29, 0.717) is 58.6 Å². The fourth-order valence-corrected chi connectivity index (χ4v) is 6.44. The fourth-order valence-electron chi connectivity index (χ4n) is 5.87. The van der Waals surface area contributed by atoms with Gasteiger partial charge in [0.15, 0.2) is 0 Å². The zero-order valence-corrected chi connectivity index (χ0v) is 22.3. The number of piperidine rings is 1. The maximum Gasteiger partial charge on any atom is 0.305 e. The van der Waals surface area contributed by atoms with Crippen molar-refractivity contribution in [3.05, 3.63) is 69.4 Å². The van der Waals surface area contributed by atoms with Gasteiger partial charge in [-0.25, -0.2) is 0 Å². The summed E-state index contributed by atoms with van der Waals surface area (Å²) in [6.45, 7) is 1.44. The van der Waals surface area contributed by atoms with Gasteiger partial charge in [-0.15, -0.1) is 0 Å². The molecule has 2 heterocycles. The van der Waals surface area contributed by atoms with Crippen molar-refractivity contribution in [2.45, 2.75) is 63.2 Å². The van der Waals surface area contributed by atoms with Crippen molar-refractivity contribution < 1.29 is 18.8 Å². The predicted octanol–water partition coefficient (Wildman–Crippen LogP) is 6.82. The number of halogens is 2. The highest BCUT2D eigenvalue weighted by molar-refractivity contribution is 6.39. The largest absolute Gasteiger partial charge is 0.469 e. The van der Waals surface area contributed by atoms with Gasteiger partial charge in [0.2, 0.25) is 0 Å². The van der Waals surface area contributed by atoms with Crippen molar-refractivity contribution >= 4 is 34.9 Å². The third-order valence-electron chi connectivity index (χ3n) is 8.00. The van der Waals surface area contributed by atoms with Crippen LogP contribution in [0.15, 0.2) is 47.0 Å². The lowest BCUT2D eigenvalue weighted by molar-refractivity contribution is -0.140. The first-order valence-corrected chi connectivity index (χ1v) is 13.7. The van der Waals surface area contributed by atoms with Crippen LogP contribution in [0.4, 0.5) is 5.69 Å². The zero-order valence-electron chi connectivity index (χ0n) is 20.8. The number of rotatable bonds is 9. The van der Waals surface area contributed by atoms with E-state index < -0.39 is 0 Å². The molecular formula is C29H30Cl2N2O4. The van der Waals surface area contributed by atoms with Gasteiger partial charge in [-0.2, -0.15) is 0 Å². The molecule has 2 saturated carbocycles. The van der Waals surface area contributed by atoms with Crippen LogP contribution in [0, 0.1) is 5.92 Å². The summed E-state index contributed by atoms with van der Waals surface area (Å²) in [6, 6.07) is 14.5. The summed E-state index contributed by atoms with van der Waals surface area (Å²) >= 11 is 13.0. The van der Waals surface area contributed by atoms with E-state index >= 15 is 0 Å². The molecule has 0 N–H and O–H groups in total. The second-order valence-corrected chi connectivity index (χ2v) is 11.2. The number of ether oxygens (including phenoxy) is 2. The maximum absolute atomic E-state index is 11.4. The molecule has 1 aliphatic heterocycles. The zero-order chi connectivity index (χ0) is 25.5. The number of aromatic nitrogens is 1. The van der Waals surface area contributed by atoms with Crippen molar-refractivity contribution in [3.8, 4) is 11.3 Å². The number of anilines is 1. The SMILES string of the molecule is COC(=O)CCc1ccc(N2C[C@@H]3C[C@H]2C[C@H]3OCc2c(-c3c(Cl)cccc3Cl)noc2C2CC2)cc1. The molecule has 3 aromatic rings. The van der Waals surface area contributed by atoms with Gasteiger partial charge in [0.1, 0.15) is 11.5 Å². The van der Waals surface area contributed by atoms with Gasteiger partial charge in [-0.05, 0) is 61.9 Å². The molecule has 37 heavy (non-hydrogen) atoms. The van der Waals surface area contributed by atoms with Crippen molar-refractivity contribution in [2.75, 3.05) is 18.6 Å². The standard InChI is InChI=1S/C29H30Cl2N2O4/c1-35-26(34)12-7-17-5-10-20(11-6-17)33-15-19-13-21(33)14-25(19)36-16-22-28(32-37-29(22)18-8-9-18)27-23(30)3-2-4-24(27)31/h2-6,10-11,18-19,21,25H,7-9,12-16H2,1H3/t19-,21-,25+/m0/s1. The molecule has 3 atom stereocenters. The first kappa shape index (κ1) is 24.8. The van der Waals surface area contributed by atoms with Gasteiger partial charge in [0, 0.05) is 47.7 Å². The van der Waals surface area contributed by atoms with Crippen LogP contribution >= 0.6 is 23.2 Å². The molecule has 0 spiro atoms. The summed E-state index contributed by atoms with van der Waals surface area (Å²) in [7, 11) is 1.43. The molecule has 1 aromatic heterocycles. The monoisotopic (exact) mass is 540 g/mol. The van der Waals surface area contributed by atoms with Crippen LogP contribution in [0.3, 0.4) is 0 Å². The Morgan fingerprint density at radius 1 is 1.11 bits per heavy atom. The van der Waals surface area contributed by atoms with Crippen molar-refractivity contribution in [3.63, 3.8) is 0 Å². The number of carbonyl (C=O) groups is 1. The number of nitrogens with zero attached hydrogens (tertiary/aromatic N) is 2. The number of esters is 1. The third kappa shape index (κ3) is 4.99. The Morgan fingerprint density at radius 3 is 2.51 bits per heavy atom. The lowest BCUT2D eigenvalue weighted by Gasteiger charge is -2.33. The molecule has 0 unspecified atom stereocenters. The Hall–Kier alpha value is -2.54. The van der Waals surface area contributed by atoms with Gasteiger partial charge >= 0.3 is 5.97 Å². The molecule has 0 amide bonds. The molecule has 3 fully saturated rings. The highest BCUT2D eigenvalue weighted by atomic mass is 35.5. The number of aryl methyl sites for hydroxylation is 1. The van der Waals surface area contributed by atoms with Crippen LogP contribution in [0.2, 0.25) is 10.0 Å². The third-order valence-corrected chi connectivity index (χ3v) is 8.63. The molecular weight excluding hydrogens is 511 g/mol. The number of hydrogen-bond acceptors (Lipinski definition) is 6. The fraction of sp³-hybridized carbons (Fsp3) is 0.448. The maximum atomic E-state index is 11.4. The van der Waals surface area contributed by atoms with Gasteiger partial charge in [0.25, 0.3) is 0 Å². The van der Waals surface area contributed by atoms with Gasteiger partial charge in [-0.3, -0.25) is 4.79 Å². The van der Waals surface area contributed by atoms with E-state index in [1.807, 2.05) is 18.2 Å². The molecule has 0 radical (unpaired) electrons. The molecule has 1 saturated heterocycles. The Bertz CT molecular complexity index is 1270. The van der Waals surface area contributed by atoms with Crippen LogP contribution in [-0.2, 0) is 27.3 Å². The summed E-state index contributed by atoms with van der Waals surface area (Å²) in [5, 5.41) is 5.52. The van der Waals surface area contributed by atoms with E-state index in [9.17, 15) is 4.79 Å². The summed E-state index contributed by atoms with van der Waals surface area (Å²) in [5.41, 5.74) is 4.79. The lowest BCUT2D eigenvalue weighted by Crippen LogP contribution is -2.38. The Labute approximate surface area is 226 Å². The molecule has 8 heteroatoms. The first-order chi connectivity index (χ1) is 18.0. The van der Waals surface area contributed by atoms with Crippen LogP contribution in [-0.4, -0.2) is 36.9 Å². The van der Waals surface area contributed by atoms with E-state index in [1.165, 1.54) is 12.8 Å². The molecule has 194 valence electrons. The van der Waals surface area contributed by atoms with Crippen LogP contribution in [0.25, 0.3) is 11.3 Å². The predicted molar refractivity (Wildman–Crippen MR) is 143 cm³/mol. The summed E-state index contributed by atoms with van der Waals surface area (Å²) in [5.74, 6) is 1.64. The Balaban J connectivity index is 1.11. The second-order valence-electron chi connectivity index (χ2n) is 10.4. The number of methoxy groups -OCH3 is 1. The molecule has 2 bridgehead atoms. The Morgan fingerprint density at radius 2 is 1.86 bits per heavy atom.